The summed E-state index contributed by atoms with van der Waals surface area (Å²) >= 11 is 0. The summed E-state index contributed by atoms with van der Waals surface area (Å²) < 4.78 is 5.35. The van der Waals surface area contributed by atoms with Crippen molar-refractivity contribution in [3.05, 3.63) is 12.2 Å². The van der Waals surface area contributed by atoms with Gasteiger partial charge in [-0.25, -0.2) is 0 Å². The zero-order valence-electron chi connectivity index (χ0n) is 9.44. The van der Waals surface area contributed by atoms with Crippen molar-refractivity contribution in [3.63, 3.8) is 0 Å². The fourth-order valence-electron chi connectivity index (χ4n) is 0.854. The third-order valence-corrected chi connectivity index (χ3v) is 1.43. The number of ether oxygens (including phenoxy) is 1. The van der Waals surface area contributed by atoms with E-state index in [9.17, 15) is 0 Å². The zero-order valence-corrected chi connectivity index (χ0v) is 9.44. The van der Waals surface area contributed by atoms with Gasteiger partial charge in [0.05, 0.1) is 13.2 Å². The smallest absolute Gasteiger partial charge is 0.0672 e. The van der Waals surface area contributed by atoms with Crippen molar-refractivity contribution in [2.24, 2.45) is 5.41 Å². The molecule has 0 aliphatic carbocycles. The fourth-order valence-corrected chi connectivity index (χ4v) is 0.854. The lowest BCUT2D eigenvalue weighted by atomic mass is 9.97. The third kappa shape index (κ3) is 11.7. The predicted molar refractivity (Wildman–Crippen MR) is 58.0 cm³/mol. The summed E-state index contributed by atoms with van der Waals surface area (Å²) in [6.07, 6.45) is 0. The first-order valence-corrected chi connectivity index (χ1v) is 4.85. The molecular weight excluding hydrogens is 162 g/mol. The molecule has 0 aromatic rings. The molecule has 0 unspecified atom stereocenters. The van der Waals surface area contributed by atoms with Gasteiger partial charge >= 0.3 is 0 Å². The van der Waals surface area contributed by atoms with Crippen LogP contribution in [-0.2, 0) is 4.74 Å². The van der Waals surface area contributed by atoms with E-state index in [0.29, 0.717) is 12.0 Å². The quantitative estimate of drug-likeness (QED) is 0.506. The van der Waals surface area contributed by atoms with E-state index < -0.39 is 0 Å². The van der Waals surface area contributed by atoms with Crippen molar-refractivity contribution in [1.29, 1.82) is 0 Å². The van der Waals surface area contributed by atoms with Crippen molar-refractivity contribution in [2.75, 3.05) is 26.3 Å². The van der Waals surface area contributed by atoms with E-state index >= 15 is 0 Å². The first-order chi connectivity index (χ1) is 5.92. The number of hydrogen-bond acceptors (Lipinski definition) is 2. The van der Waals surface area contributed by atoms with Gasteiger partial charge in [0.15, 0.2) is 0 Å². The van der Waals surface area contributed by atoms with E-state index in [1.54, 1.807) is 0 Å². The maximum atomic E-state index is 5.35. The van der Waals surface area contributed by atoms with Gasteiger partial charge in [0.2, 0.25) is 0 Å². The minimum Gasteiger partial charge on any atom is -0.376 e. The molecule has 0 saturated heterocycles. The highest BCUT2D eigenvalue weighted by molar-refractivity contribution is 4.87. The molecule has 0 spiro atoms. The van der Waals surface area contributed by atoms with Crippen LogP contribution in [0.5, 0.6) is 0 Å². The Balaban J connectivity index is 3.13. The van der Waals surface area contributed by atoms with Gasteiger partial charge in [-0.2, -0.15) is 0 Å². The molecule has 0 atom stereocenters. The van der Waals surface area contributed by atoms with Crippen molar-refractivity contribution >= 4 is 0 Å². The second-order valence-corrected chi connectivity index (χ2v) is 4.75. The number of nitrogens with one attached hydrogen (secondary N) is 1. The Morgan fingerprint density at radius 3 is 2.46 bits per heavy atom. The predicted octanol–water partition coefficient (Wildman–Crippen LogP) is 2.21. The average molecular weight is 185 g/mol. The van der Waals surface area contributed by atoms with E-state index in [4.69, 9.17) is 4.74 Å². The van der Waals surface area contributed by atoms with Crippen LogP contribution in [0.15, 0.2) is 12.2 Å². The van der Waals surface area contributed by atoms with Gasteiger partial charge < -0.3 is 10.1 Å². The van der Waals surface area contributed by atoms with Crippen LogP contribution < -0.4 is 5.32 Å². The molecule has 1 N–H and O–H groups in total. The van der Waals surface area contributed by atoms with Crippen molar-refractivity contribution in [3.8, 4) is 0 Å². The summed E-state index contributed by atoms with van der Waals surface area (Å²) in [4.78, 5) is 0. The molecule has 0 amide bonds. The van der Waals surface area contributed by atoms with Gasteiger partial charge in [0.1, 0.15) is 0 Å². The molecule has 78 valence electrons. The Kier molecular flexibility index (Phi) is 6.00. The molecule has 2 nitrogen and oxygen atoms in total. The van der Waals surface area contributed by atoms with Gasteiger partial charge in [-0.05, 0) is 12.3 Å². The van der Waals surface area contributed by atoms with Crippen LogP contribution in [0.25, 0.3) is 0 Å². The summed E-state index contributed by atoms with van der Waals surface area (Å²) in [7, 11) is 0. The van der Waals surface area contributed by atoms with Gasteiger partial charge in [-0.1, -0.05) is 32.9 Å². The SMILES string of the molecule is C=C(C)COCCNCC(C)(C)C. The molecule has 0 heterocycles. The zero-order chi connectivity index (χ0) is 10.3. The molecule has 0 bridgehead atoms. The van der Waals surface area contributed by atoms with Crippen molar-refractivity contribution < 1.29 is 4.74 Å². The van der Waals surface area contributed by atoms with Gasteiger partial charge in [0.25, 0.3) is 0 Å². The average Bonchev–Trinajstić information content (AvgIpc) is 1.93. The van der Waals surface area contributed by atoms with E-state index in [-0.39, 0.29) is 0 Å². The van der Waals surface area contributed by atoms with E-state index in [2.05, 4.69) is 32.7 Å². The highest BCUT2D eigenvalue weighted by atomic mass is 16.5. The molecule has 0 fully saturated rings. The first kappa shape index (κ1) is 12.7. The molecule has 0 saturated carbocycles. The normalized spacial score (nSPS) is 11.7. The molecule has 0 aromatic carbocycles. The lowest BCUT2D eigenvalue weighted by Gasteiger charge is -2.18. The number of rotatable bonds is 6. The first-order valence-electron chi connectivity index (χ1n) is 4.85. The Morgan fingerprint density at radius 2 is 2.00 bits per heavy atom. The lowest BCUT2D eigenvalue weighted by molar-refractivity contribution is 0.155. The van der Waals surface area contributed by atoms with E-state index in [0.717, 1.165) is 25.3 Å². The highest BCUT2D eigenvalue weighted by Gasteiger charge is 2.07. The van der Waals surface area contributed by atoms with Crippen molar-refractivity contribution in [2.45, 2.75) is 27.7 Å². The molecular formula is C11H23NO. The van der Waals surface area contributed by atoms with Gasteiger partial charge in [-0.15, -0.1) is 0 Å². The van der Waals surface area contributed by atoms with E-state index in [1.165, 1.54) is 0 Å². The second-order valence-electron chi connectivity index (χ2n) is 4.75. The van der Waals surface area contributed by atoms with Crippen LogP contribution >= 0.6 is 0 Å². The standard InChI is InChI=1S/C11H23NO/c1-10(2)8-13-7-6-12-9-11(3,4)5/h12H,1,6-9H2,2-5H3. The molecule has 0 aliphatic rings. The molecule has 13 heavy (non-hydrogen) atoms. The van der Waals surface area contributed by atoms with Gasteiger partial charge in [-0.3, -0.25) is 0 Å². The van der Waals surface area contributed by atoms with Crippen molar-refractivity contribution in [1.82, 2.24) is 5.32 Å². The summed E-state index contributed by atoms with van der Waals surface area (Å²) in [6, 6.07) is 0. The topological polar surface area (TPSA) is 21.3 Å². The molecule has 0 aliphatic heterocycles. The Bertz CT molecular complexity index is 147. The summed E-state index contributed by atoms with van der Waals surface area (Å²) in [5.41, 5.74) is 1.43. The molecule has 0 rings (SSSR count). The van der Waals surface area contributed by atoms with E-state index in [1.807, 2.05) is 6.92 Å². The Morgan fingerprint density at radius 1 is 1.38 bits per heavy atom. The fraction of sp³-hybridized carbons (Fsp3) is 0.818. The summed E-state index contributed by atoms with van der Waals surface area (Å²) in [6.45, 7) is 15.8. The van der Waals surface area contributed by atoms with Crippen LogP contribution in [0.3, 0.4) is 0 Å². The minimum atomic E-state index is 0.356. The molecule has 0 aromatic heterocycles. The van der Waals surface area contributed by atoms with Gasteiger partial charge in [0, 0.05) is 13.1 Å². The monoisotopic (exact) mass is 185 g/mol. The number of hydrogen-bond donors (Lipinski definition) is 1. The lowest BCUT2D eigenvalue weighted by Crippen LogP contribution is -2.29. The van der Waals surface area contributed by atoms with Crippen LogP contribution in [0.4, 0.5) is 0 Å². The molecule has 0 radical (unpaired) electrons. The maximum absolute atomic E-state index is 5.35. The van der Waals surface area contributed by atoms with Crippen LogP contribution in [0.1, 0.15) is 27.7 Å². The highest BCUT2D eigenvalue weighted by Crippen LogP contribution is 2.09. The van der Waals surface area contributed by atoms with Crippen LogP contribution in [-0.4, -0.2) is 26.3 Å². The van der Waals surface area contributed by atoms with Crippen LogP contribution in [0.2, 0.25) is 0 Å². The third-order valence-electron chi connectivity index (χ3n) is 1.43. The molecule has 2 heteroatoms. The Labute approximate surface area is 82.4 Å². The summed E-state index contributed by atoms with van der Waals surface area (Å²) in [5, 5.41) is 3.34. The maximum Gasteiger partial charge on any atom is 0.0672 e. The summed E-state index contributed by atoms with van der Waals surface area (Å²) in [5.74, 6) is 0. The Hall–Kier alpha value is -0.340. The van der Waals surface area contributed by atoms with Crippen LogP contribution in [0, 0.1) is 5.41 Å². The second kappa shape index (κ2) is 6.17. The largest absolute Gasteiger partial charge is 0.376 e. The minimum absolute atomic E-state index is 0.356.